The average Bonchev–Trinajstić information content (AvgIpc) is 2.99. The van der Waals surface area contributed by atoms with E-state index < -0.39 is 84.8 Å². The van der Waals surface area contributed by atoms with Gasteiger partial charge in [-0.15, -0.1) is 0 Å². The molecule has 0 bridgehead atoms. The van der Waals surface area contributed by atoms with Crippen LogP contribution >= 0.6 is 25.3 Å². The molecule has 0 heterocycles. The van der Waals surface area contributed by atoms with Gasteiger partial charge in [-0.1, -0.05) is 0 Å². The summed E-state index contributed by atoms with van der Waals surface area (Å²) in [5.74, 6) is -7.41. The number of hydrogen-bond acceptors (Lipinski definition) is 14. The van der Waals surface area contributed by atoms with Crippen molar-refractivity contribution < 1.29 is 75.9 Å². The van der Waals surface area contributed by atoms with Gasteiger partial charge in [-0.2, -0.15) is 25.3 Å². The summed E-state index contributed by atoms with van der Waals surface area (Å²) in [6.07, 6.45) is -0.470. The Balaban J connectivity index is -0.000000209. The number of amides is 4. The van der Waals surface area contributed by atoms with E-state index in [9.17, 15) is 38.4 Å². The summed E-state index contributed by atoms with van der Waals surface area (Å²) in [4.78, 5) is 102. The Hall–Kier alpha value is -3.90. The number of carboxylic acid groups (broad SMARTS) is 4. The quantitative estimate of drug-likeness (QED) is 0.0475. The number of carbonyl (C=O) groups is 8. The van der Waals surface area contributed by atoms with Gasteiger partial charge in [0.05, 0.1) is 0 Å². The molecule has 22 nitrogen and oxygen atoms in total. The van der Waals surface area contributed by atoms with Crippen molar-refractivity contribution in [3.63, 3.8) is 0 Å². The van der Waals surface area contributed by atoms with Crippen molar-refractivity contribution in [2.24, 2.45) is 11.5 Å². The largest absolute Gasteiger partial charge is 2.00 e. The number of rotatable bonds is 18. The number of aliphatic carboxylic acids is 4. The van der Waals surface area contributed by atoms with Crippen LogP contribution in [0.15, 0.2) is 0 Å². The van der Waals surface area contributed by atoms with Crippen LogP contribution in [0.25, 0.3) is 11.2 Å². The third-order valence-electron chi connectivity index (χ3n) is 4.50. The molecule has 25 heteroatoms. The molecular formula is C20H34FeN8O14S2. The van der Waals surface area contributed by atoms with E-state index in [1.807, 2.05) is 0 Å². The minimum absolute atomic E-state index is 0. The molecule has 0 saturated carbocycles. The van der Waals surface area contributed by atoms with E-state index in [4.69, 9.17) is 52.9 Å². The van der Waals surface area contributed by atoms with Gasteiger partial charge < -0.3 is 74.2 Å². The molecule has 4 amide bonds. The summed E-state index contributed by atoms with van der Waals surface area (Å²) in [5.41, 5.74) is 22.0. The molecule has 0 rings (SSSR count). The number of carboxylic acids is 4. The van der Waals surface area contributed by atoms with Crippen LogP contribution in [-0.4, -0.2) is 117 Å². The Labute approximate surface area is 276 Å². The summed E-state index contributed by atoms with van der Waals surface area (Å²) in [7, 11) is 0. The molecule has 0 unspecified atom stereocenters. The maximum Gasteiger partial charge on any atom is 2.00 e. The van der Waals surface area contributed by atoms with E-state index in [1.54, 1.807) is 0 Å². The maximum absolute atomic E-state index is 11.5. The molecule has 258 valence electrons. The molecule has 0 radical (unpaired) electrons. The Morgan fingerprint density at radius 1 is 0.600 bits per heavy atom. The molecule has 0 aliphatic rings. The molecule has 0 saturated heterocycles. The first-order valence-electron chi connectivity index (χ1n) is 11.7. The molecule has 4 atom stereocenters. The summed E-state index contributed by atoms with van der Waals surface area (Å²) in [6.45, 7) is -1.13. The van der Waals surface area contributed by atoms with Crippen molar-refractivity contribution in [3.05, 3.63) is 21.0 Å². The van der Waals surface area contributed by atoms with Crippen LogP contribution in [0.4, 0.5) is 0 Å². The van der Waals surface area contributed by atoms with Crippen molar-refractivity contribution in [2.75, 3.05) is 24.6 Å². The molecule has 0 aliphatic carbocycles. The second kappa shape index (κ2) is 31.5. The molecule has 12 N–H and O–H groups in total. The summed E-state index contributed by atoms with van der Waals surface area (Å²) in [6, 6.07) is -4.30. The summed E-state index contributed by atoms with van der Waals surface area (Å²) >= 11 is 7.75. The monoisotopic (exact) mass is 730 g/mol. The van der Waals surface area contributed by atoms with Gasteiger partial charge in [-0.05, 0) is 12.8 Å². The normalized spacial score (nSPS) is 11.8. The first-order chi connectivity index (χ1) is 20.5. The molecule has 45 heavy (non-hydrogen) atoms. The summed E-state index contributed by atoms with van der Waals surface area (Å²) in [5, 5.41) is 42.7. The van der Waals surface area contributed by atoms with E-state index >= 15 is 0 Å². The number of carbonyl (C=O) groups excluding carboxylic acids is 4. The van der Waals surface area contributed by atoms with Gasteiger partial charge in [-0.3, -0.25) is 38.4 Å². The van der Waals surface area contributed by atoms with Crippen LogP contribution in [0.2, 0.25) is 0 Å². The molecule has 0 aromatic heterocycles. The molecule has 0 aromatic carbocycles. The Bertz CT molecular complexity index is 894. The van der Waals surface area contributed by atoms with Gasteiger partial charge in [0.25, 0.3) is 0 Å². The second-order valence-electron chi connectivity index (χ2n) is 7.80. The SMILES string of the molecule is N[C@@H](CCC(=O)N[C@@H](CS)C(=O)NCC(=O)O)C(=O)O.N[C@@H](CCC(=O)N[C@@H](CS)C(=O)NCC(=O)O)C(=O)O.[Fe+2].[N-]=O.[N-]=O. The number of nitroso groups, excluding NO2 is 2. The third-order valence-corrected chi connectivity index (χ3v) is 5.23. The van der Waals surface area contributed by atoms with Crippen LogP contribution in [0, 0.1) is 9.81 Å². The van der Waals surface area contributed by atoms with E-state index in [0.29, 0.717) is 0 Å². The second-order valence-corrected chi connectivity index (χ2v) is 8.53. The van der Waals surface area contributed by atoms with Crippen LogP contribution in [0.3, 0.4) is 0 Å². The van der Waals surface area contributed by atoms with Gasteiger partial charge in [0, 0.05) is 24.3 Å². The van der Waals surface area contributed by atoms with Gasteiger partial charge >= 0.3 is 40.9 Å². The van der Waals surface area contributed by atoms with Gasteiger partial charge in [0.15, 0.2) is 0 Å². The fourth-order valence-corrected chi connectivity index (χ4v) is 2.83. The summed E-state index contributed by atoms with van der Waals surface area (Å²) < 4.78 is 0. The molecule has 0 spiro atoms. The Kier molecular flexibility index (Phi) is 35.5. The topological polar surface area (TPSA) is 396 Å². The number of nitrogens with one attached hydrogen (secondary N) is 4. The molecule has 0 aliphatic heterocycles. The fourth-order valence-electron chi connectivity index (χ4n) is 2.31. The third kappa shape index (κ3) is 29.9. The molecule has 0 aromatic rings. The minimum Gasteiger partial charge on any atom is -0.577 e. The van der Waals surface area contributed by atoms with Crippen molar-refractivity contribution in [1.82, 2.24) is 21.3 Å². The predicted octanol–water partition coefficient (Wildman–Crippen LogP) is -3.77. The van der Waals surface area contributed by atoms with E-state index in [-0.39, 0.29) is 54.3 Å². The van der Waals surface area contributed by atoms with Crippen LogP contribution < -0.4 is 32.7 Å². The van der Waals surface area contributed by atoms with Gasteiger partial charge in [0.2, 0.25) is 23.6 Å². The van der Waals surface area contributed by atoms with Crippen molar-refractivity contribution in [2.45, 2.75) is 49.9 Å². The zero-order valence-electron chi connectivity index (χ0n) is 23.1. The van der Waals surface area contributed by atoms with Crippen molar-refractivity contribution >= 4 is 72.8 Å². The van der Waals surface area contributed by atoms with E-state index in [1.165, 1.54) is 0 Å². The Morgan fingerprint density at radius 2 is 0.867 bits per heavy atom. The van der Waals surface area contributed by atoms with Crippen molar-refractivity contribution in [3.8, 4) is 0 Å². The standard InChI is InChI=1S/2C10H17N3O6S.Fe.2NO/c2*11-5(10(18)19)1-2-7(14)13-6(4-20)9(17)12-3-8(15)16;;2*1-2/h2*5-6,20H,1-4,11H2,(H,12,17)(H,13,14)(H,15,16)(H,18,19);;;/q;;+2;2*-1/t2*5-,6-;;;/m00.../s1. The Morgan fingerprint density at radius 3 is 1.07 bits per heavy atom. The first-order valence-corrected chi connectivity index (χ1v) is 12.9. The van der Waals surface area contributed by atoms with Crippen LogP contribution in [-0.2, 0) is 55.4 Å². The zero-order chi connectivity index (χ0) is 35.4. The maximum atomic E-state index is 11.5. The number of nitrogens with zero attached hydrogens (tertiary/aromatic N) is 2. The zero-order valence-corrected chi connectivity index (χ0v) is 26.0. The number of thiol groups is 2. The predicted molar refractivity (Wildman–Crippen MR) is 156 cm³/mol. The molecule has 0 fully saturated rings. The van der Waals surface area contributed by atoms with Crippen LogP contribution in [0.5, 0.6) is 0 Å². The first kappa shape index (κ1) is 50.7. The molecular weight excluding hydrogens is 696 g/mol. The minimum atomic E-state index is -1.22. The fraction of sp³-hybridized carbons (Fsp3) is 0.600. The van der Waals surface area contributed by atoms with Crippen molar-refractivity contribution in [1.29, 1.82) is 0 Å². The van der Waals surface area contributed by atoms with Crippen LogP contribution in [0.1, 0.15) is 25.7 Å². The van der Waals surface area contributed by atoms with Gasteiger partial charge in [0.1, 0.15) is 37.3 Å². The average molecular weight is 731 g/mol. The smallest absolute Gasteiger partial charge is 0.577 e. The number of hydrogen-bond donors (Lipinski definition) is 12. The van der Waals surface area contributed by atoms with E-state index in [2.05, 4.69) is 46.5 Å². The van der Waals surface area contributed by atoms with Gasteiger partial charge in [-0.25, -0.2) is 0 Å². The number of nitrogens with two attached hydrogens (primary N) is 2. The van der Waals surface area contributed by atoms with E-state index in [0.717, 1.165) is 0 Å².